The highest BCUT2D eigenvalue weighted by Crippen LogP contribution is 2.32. The van der Waals surface area contributed by atoms with Crippen molar-refractivity contribution in [3.05, 3.63) is 27.2 Å². The molecule has 1 amide bonds. The average molecular weight is 259 g/mol. The SMILES string of the molecule is N#Cc1ccc(Br)c(NC=O)c1Cl. The first-order valence-corrected chi connectivity index (χ1v) is 4.46. The summed E-state index contributed by atoms with van der Waals surface area (Å²) in [6.07, 6.45) is 0.507. The molecule has 1 aromatic rings. The molecule has 5 heteroatoms. The number of carbonyl (C=O) groups excluding carboxylic acids is 1. The topological polar surface area (TPSA) is 52.9 Å². The van der Waals surface area contributed by atoms with E-state index < -0.39 is 0 Å². The monoisotopic (exact) mass is 258 g/mol. The molecule has 0 unspecified atom stereocenters. The molecule has 0 bridgehead atoms. The Labute approximate surface area is 88.4 Å². The molecular formula is C8H4BrClN2O. The summed E-state index contributed by atoms with van der Waals surface area (Å²) in [5.74, 6) is 0. The van der Waals surface area contributed by atoms with E-state index in [1.165, 1.54) is 0 Å². The predicted octanol–water partition coefficient (Wildman–Crippen LogP) is 2.54. The molecule has 0 radical (unpaired) electrons. The average Bonchev–Trinajstić information content (AvgIpc) is 2.12. The number of halogens is 2. The minimum Gasteiger partial charge on any atom is -0.326 e. The molecule has 0 fully saturated rings. The summed E-state index contributed by atoms with van der Waals surface area (Å²) >= 11 is 9.02. The van der Waals surface area contributed by atoms with Crippen molar-refractivity contribution >= 4 is 39.6 Å². The number of nitrogens with one attached hydrogen (secondary N) is 1. The van der Waals surface area contributed by atoms with Crippen molar-refractivity contribution in [2.45, 2.75) is 0 Å². The third kappa shape index (κ3) is 2.00. The number of anilines is 1. The standard InChI is InChI=1S/C8H4BrClN2O/c9-6-2-1-5(3-11)7(10)8(6)12-4-13/h1-2,4H,(H,12,13). The van der Waals surface area contributed by atoms with Crippen LogP contribution in [-0.4, -0.2) is 6.41 Å². The lowest BCUT2D eigenvalue weighted by molar-refractivity contribution is -0.105. The largest absolute Gasteiger partial charge is 0.326 e. The van der Waals surface area contributed by atoms with Crippen molar-refractivity contribution in [3.63, 3.8) is 0 Å². The highest BCUT2D eigenvalue weighted by atomic mass is 79.9. The van der Waals surface area contributed by atoms with Crippen molar-refractivity contribution < 1.29 is 4.79 Å². The summed E-state index contributed by atoms with van der Waals surface area (Å²) in [7, 11) is 0. The first-order chi connectivity index (χ1) is 6.20. The summed E-state index contributed by atoms with van der Waals surface area (Å²) in [5.41, 5.74) is 0.741. The van der Waals surface area contributed by atoms with Crippen LogP contribution in [0.5, 0.6) is 0 Å². The Bertz CT molecular complexity index is 386. The van der Waals surface area contributed by atoms with Crippen LogP contribution in [0.25, 0.3) is 0 Å². The maximum Gasteiger partial charge on any atom is 0.211 e. The Morgan fingerprint density at radius 3 is 2.85 bits per heavy atom. The quantitative estimate of drug-likeness (QED) is 0.830. The van der Waals surface area contributed by atoms with Gasteiger partial charge >= 0.3 is 0 Å². The lowest BCUT2D eigenvalue weighted by Crippen LogP contribution is -1.96. The second-order valence-electron chi connectivity index (χ2n) is 2.16. The molecule has 1 aromatic carbocycles. The van der Waals surface area contributed by atoms with Gasteiger partial charge in [0.2, 0.25) is 6.41 Å². The van der Waals surface area contributed by atoms with Crippen molar-refractivity contribution in [3.8, 4) is 6.07 Å². The van der Waals surface area contributed by atoms with Gasteiger partial charge < -0.3 is 5.32 Å². The van der Waals surface area contributed by atoms with Crippen LogP contribution in [0.2, 0.25) is 5.02 Å². The van der Waals surface area contributed by atoms with E-state index in [1.54, 1.807) is 12.1 Å². The molecule has 0 spiro atoms. The predicted molar refractivity (Wildman–Crippen MR) is 53.6 cm³/mol. The fraction of sp³-hybridized carbons (Fsp3) is 0. The van der Waals surface area contributed by atoms with Gasteiger partial charge in [0, 0.05) is 4.47 Å². The van der Waals surface area contributed by atoms with Crippen molar-refractivity contribution in [2.24, 2.45) is 0 Å². The zero-order valence-electron chi connectivity index (χ0n) is 6.34. The van der Waals surface area contributed by atoms with E-state index in [0.29, 0.717) is 22.1 Å². The Balaban J connectivity index is 3.31. The fourth-order valence-electron chi connectivity index (χ4n) is 0.830. The van der Waals surface area contributed by atoms with Crippen molar-refractivity contribution in [1.29, 1.82) is 5.26 Å². The molecule has 13 heavy (non-hydrogen) atoms. The zero-order chi connectivity index (χ0) is 9.84. The van der Waals surface area contributed by atoms with E-state index in [4.69, 9.17) is 16.9 Å². The summed E-state index contributed by atoms with van der Waals surface area (Å²) in [5, 5.41) is 11.3. The highest BCUT2D eigenvalue weighted by molar-refractivity contribution is 9.10. The van der Waals surface area contributed by atoms with Gasteiger partial charge in [0.1, 0.15) is 6.07 Å². The van der Waals surface area contributed by atoms with Gasteiger partial charge in [-0.25, -0.2) is 0 Å². The number of nitrogens with zero attached hydrogens (tertiary/aromatic N) is 1. The van der Waals surface area contributed by atoms with Crippen LogP contribution in [0.4, 0.5) is 5.69 Å². The molecule has 1 rings (SSSR count). The molecule has 66 valence electrons. The zero-order valence-corrected chi connectivity index (χ0v) is 8.69. The van der Waals surface area contributed by atoms with Gasteiger partial charge in [-0.1, -0.05) is 11.6 Å². The second-order valence-corrected chi connectivity index (χ2v) is 3.39. The van der Waals surface area contributed by atoms with Gasteiger partial charge in [-0.05, 0) is 28.1 Å². The van der Waals surface area contributed by atoms with Crippen molar-refractivity contribution in [1.82, 2.24) is 0 Å². The van der Waals surface area contributed by atoms with E-state index in [0.717, 1.165) is 0 Å². The molecule has 0 aliphatic rings. The molecule has 0 heterocycles. The molecule has 0 atom stereocenters. The molecule has 0 aromatic heterocycles. The van der Waals surface area contributed by atoms with Crippen LogP contribution in [0, 0.1) is 11.3 Å². The minimum absolute atomic E-state index is 0.240. The Morgan fingerprint density at radius 2 is 2.31 bits per heavy atom. The fourth-order valence-corrected chi connectivity index (χ4v) is 1.65. The first kappa shape index (κ1) is 10.0. The van der Waals surface area contributed by atoms with Crippen LogP contribution in [0.1, 0.15) is 5.56 Å². The van der Waals surface area contributed by atoms with E-state index in [2.05, 4.69) is 21.2 Å². The molecule has 0 saturated carbocycles. The maximum absolute atomic E-state index is 10.2. The number of rotatable bonds is 2. The Morgan fingerprint density at radius 1 is 1.62 bits per heavy atom. The third-order valence-electron chi connectivity index (χ3n) is 1.41. The second kappa shape index (κ2) is 4.26. The van der Waals surface area contributed by atoms with Gasteiger partial charge in [-0.15, -0.1) is 0 Å². The van der Waals surface area contributed by atoms with E-state index >= 15 is 0 Å². The molecule has 0 saturated heterocycles. The number of benzene rings is 1. The van der Waals surface area contributed by atoms with Gasteiger partial charge in [0.05, 0.1) is 16.3 Å². The summed E-state index contributed by atoms with van der Waals surface area (Å²) in [6.45, 7) is 0. The lowest BCUT2D eigenvalue weighted by atomic mass is 10.2. The minimum atomic E-state index is 0.240. The summed E-state index contributed by atoms with van der Waals surface area (Å²) in [4.78, 5) is 10.2. The lowest BCUT2D eigenvalue weighted by Gasteiger charge is -2.05. The highest BCUT2D eigenvalue weighted by Gasteiger charge is 2.08. The van der Waals surface area contributed by atoms with Crippen LogP contribution in [-0.2, 0) is 4.79 Å². The summed E-state index contributed by atoms with van der Waals surface area (Å²) in [6, 6.07) is 5.13. The smallest absolute Gasteiger partial charge is 0.211 e. The first-order valence-electron chi connectivity index (χ1n) is 3.29. The Kier molecular flexibility index (Phi) is 3.29. The molecular weight excluding hydrogens is 255 g/mol. The van der Waals surface area contributed by atoms with Crippen molar-refractivity contribution in [2.75, 3.05) is 5.32 Å². The van der Waals surface area contributed by atoms with Crippen LogP contribution >= 0.6 is 27.5 Å². The maximum atomic E-state index is 10.2. The molecule has 1 N–H and O–H groups in total. The van der Waals surface area contributed by atoms with Crippen LogP contribution in [0.3, 0.4) is 0 Å². The van der Waals surface area contributed by atoms with Gasteiger partial charge in [-0.2, -0.15) is 5.26 Å². The molecule has 0 aliphatic heterocycles. The Hall–Kier alpha value is -1.05. The van der Waals surface area contributed by atoms with E-state index in [-0.39, 0.29) is 5.02 Å². The normalized spacial score (nSPS) is 9.00. The molecule has 0 aliphatic carbocycles. The van der Waals surface area contributed by atoms with Crippen LogP contribution in [0.15, 0.2) is 16.6 Å². The summed E-state index contributed by atoms with van der Waals surface area (Å²) < 4.78 is 0.642. The van der Waals surface area contributed by atoms with E-state index in [1.807, 2.05) is 6.07 Å². The third-order valence-corrected chi connectivity index (χ3v) is 2.47. The van der Waals surface area contributed by atoms with Gasteiger partial charge in [0.15, 0.2) is 0 Å². The molecule has 3 nitrogen and oxygen atoms in total. The number of hydrogen-bond acceptors (Lipinski definition) is 2. The van der Waals surface area contributed by atoms with Gasteiger partial charge in [0.25, 0.3) is 0 Å². The number of amides is 1. The number of carbonyl (C=O) groups is 1. The van der Waals surface area contributed by atoms with Crippen LogP contribution < -0.4 is 5.32 Å². The van der Waals surface area contributed by atoms with Gasteiger partial charge in [-0.3, -0.25) is 4.79 Å². The number of nitriles is 1. The number of hydrogen-bond donors (Lipinski definition) is 1. The van der Waals surface area contributed by atoms with E-state index in [9.17, 15) is 4.79 Å².